The SMILES string of the molecule is COC(=O)C(NC(=O)c1nc(-c2ccc(NC(=O)Nc3cccc(Cl)c3)cc2)cs1)C(C)C. The Bertz CT molecular complexity index is 1150. The number of hydrogen-bond acceptors (Lipinski definition) is 6. The Labute approximate surface area is 200 Å². The van der Waals surface area contributed by atoms with E-state index in [1.807, 2.05) is 13.8 Å². The number of hydrogen-bond donors (Lipinski definition) is 3. The summed E-state index contributed by atoms with van der Waals surface area (Å²) in [4.78, 5) is 41.0. The van der Waals surface area contributed by atoms with Gasteiger partial charge in [-0.3, -0.25) is 4.79 Å². The minimum Gasteiger partial charge on any atom is -0.467 e. The Hall–Kier alpha value is -3.43. The van der Waals surface area contributed by atoms with Crippen molar-refractivity contribution < 1.29 is 19.1 Å². The zero-order valence-corrected chi connectivity index (χ0v) is 19.8. The second kappa shape index (κ2) is 10.9. The van der Waals surface area contributed by atoms with Crippen molar-refractivity contribution in [2.75, 3.05) is 17.7 Å². The molecule has 0 bridgehead atoms. The van der Waals surface area contributed by atoms with Gasteiger partial charge in [0.25, 0.3) is 5.91 Å². The molecule has 1 heterocycles. The third-order valence-corrected chi connectivity index (χ3v) is 5.70. The van der Waals surface area contributed by atoms with E-state index < -0.39 is 23.9 Å². The van der Waals surface area contributed by atoms with E-state index >= 15 is 0 Å². The first-order valence-electron chi connectivity index (χ1n) is 10.0. The fourth-order valence-corrected chi connectivity index (χ4v) is 3.84. The number of halogens is 1. The van der Waals surface area contributed by atoms with Crippen molar-refractivity contribution in [2.45, 2.75) is 19.9 Å². The molecule has 10 heteroatoms. The molecule has 3 aromatic rings. The van der Waals surface area contributed by atoms with Gasteiger partial charge in [-0.25, -0.2) is 14.6 Å². The molecule has 0 spiro atoms. The van der Waals surface area contributed by atoms with E-state index in [9.17, 15) is 14.4 Å². The van der Waals surface area contributed by atoms with Gasteiger partial charge in [0.05, 0.1) is 12.8 Å². The van der Waals surface area contributed by atoms with Gasteiger partial charge >= 0.3 is 12.0 Å². The van der Waals surface area contributed by atoms with E-state index in [-0.39, 0.29) is 10.9 Å². The number of urea groups is 1. The highest BCUT2D eigenvalue weighted by atomic mass is 35.5. The molecule has 0 aliphatic rings. The van der Waals surface area contributed by atoms with E-state index in [1.165, 1.54) is 18.4 Å². The van der Waals surface area contributed by atoms with Crippen LogP contribution in [-0.4, -0.2) is 36.0 Å². The van der Waals surface area contributed by atoms with Crippen LogP contribution in [0.4, 0.5) is 16.2 Å². The lowest BCUT2D eigenvalue weighted by atomic mass is 10.0. The van der Waals surface area contributed by atoms with Gasteiger partial charge < -0.3 is 20.7 Å². The summed E-state index contributed by atoms with van der Waals surface area (Å²) in [6.07, 6.45) is 0. The monoisotopic (exact) mass is 486 g/mol. The molecule has 1 unspecified atom stereocenters. The van der Waals surface area contributed by atoms with E-state index in [1.54, 1.807) is 53.9 Å². The molecule has 1 atom stereocenters. The van der Waals surface area contributed by atoms with Gasteiger partial charge in [0.2, 0.25) is 0 Å². The van der Waals surface area contributed by atoms with Crippen LogP contribution in [0.15, 0.2) is 53.9 Å². The van der Waals surface area contributed by atoms with Gasteiger partial charge in [-0.1, -0.05) is 43.6 Å². The zero-order valence-electron chi connectivity index (χ0n) is 18.2. The Morgan fingerprint density at radius 1 is 1.03 bits per heavy atom. The number of amides is 3. The van der Waals surface area contributed by atoms with Gasteiger partial charge in [0.15, 0.2) is 5.01 Å². The number of ether oxygens (including phenoxy) is 1. The molecule has 0 fully saturated rings. The number of thiazole rings is 1. The molecule has 8 nitrogen and oxygen atoms in total. The quantitative estimate of drug-likeness (QED) is 0.405. The number of carbonyl (C=O) groups excluding carboxylic acids is 3. The number of aromatic nitrogens is 1. The van der Waals surface area contributed by atoms with Crippen molar-refractivity contribution in [3.8, 4) is 11.3 Å². The predicted molar refractivity (Wildman–Crippen MR) is 130 cm³/mol. The Morgan fingerprint density at radius 3 is 2.36 bits per heavy atom. The first-order chi connectivity index (χ1) is 15.8. The number of carbonyl (C=O) groups is 3. The summed E-state index contributed by atoms with van der Waals surface area (Å²) in [5.74, 6) is -1.07. The normalized spacial score (nSPS) is 11.5. The lowest BCUT2D eigenvalue weighted by molar-refractivity contribution is -0.144. The number of anilines is 2. The average molecular weight is 487 g/mol. The molecule has 3 rings (SSSR count). The highest BCUT2D eigenvalue weighted by Crippen LogP contribution is 2.24. The van der Waals surface area contributed by atoms with Crippen LogP contribution in [-0.2, 0) is 9.53 Å². The second-order valence-electron chi connectivity index (χ2n) is 7.42. The predicted octanol–water partition coefficient (Wildman–Crippen LogP) is 5.03. The highest BCUT2D eigenvalue weighted by molar-refractivity contribution is 7.12. The fourth-order valence-electron chi connectivity index (χ4n) is 2.92. The van der Waals surface area contributed by atoms with E-state index in [4.69, 9.17) is 16.3 Å². The van der Waals surface area contributed by atoms with Crippen LogP contribution in [0, 0.1) is 5.92 Å². The first-order valence-corrected chi connectivity index (χ1v) is 11.3. The van der Waals surface area contributed by atoms with Crippen LogP contribution in [0.2, 0.25) is 5.02 Å². The third kappa shape index (κ3) is 6.53. The van der Waals surface area contributed by atoms with Gasteiger partial charge in [0, 0.05) is 27.3 Å². The van der Waals surface area contributed by atoms with Crippen LogP contribution in [0.3, 0.4) is 0 Å². The molecule has 0 aliphatic carbocycles. The molecule has 172 valence electrons. The summed E-state index contributed by atoms with van der Waals surface area (Å²) in [5, 5.41) is 10.6. The summed E-state index contributed by atoms with van der Waals surface area (Å²) in [6.45, 7) is 3.64. The van der Waals surface area contributed by atoms with Crippen LogP contribution in [0.1, 0.15) is 23.6 Å². The Kier molecular flexibility index (Phi) is 8.02. The molecule has 3 N–H and O–H groups in total. The van der Waals surface area contributed by atoms with Crippen LogP contribution < -0.4 is 16.0 Å². The minimum atomic E-state index is -0.752. The number of nitrogens with zero attached hydrogens (tertiary/aromatic N) is 1. The van der Waals surface area contributed by atoms with Crippen molar-refractivity contribution in [1.29, 1.82) is 0 Å². The highest BCUT2D eigenvalue weighted by Gasteiger charge is 2.26. The maximum atomic E-state index is 12.5. The maximum Gasteiger partial charge on any atom is 0.328 e. The zero-order chi connectivity index (χ0) is 24.0. The minimum absolute atomic E-state index is 0.128. The summed E-state index contributed by atoms with van der Waals surface area (Å²) in [7, 11) is 1.28. The number of nitrogens with one attached hydrogen (secondary N) is 3. The lowest BCUT2D eigenvalue weighted by Crippen LogP contribution is -2.45. The van der Waals surface area contributed by atoms with Gasteiger partial charge in [0.1, 0.15) is 6.04 Å². The van der Waals surface area contributed by atoms with Crippen LogP contribution in [0.5, 0.6) is 0 Å². The van der Waals surface area contributed by atoms with Gasteiger partial charge in [-0.2, -0.15) is 0 Å². The van der Waals surface area contributed by atoms with E-state index in [0.717, 1.165) is 5.56 Å². The first kappa shape index (κ1) is 24.2. The lowest BCUT2D eigenvalue weighted by Gasteiger charge is -2.18. The molecule has 33 heavy (non-hydrogen) atoms. The molecular weight excluding hydrogens is 464 g/mol. The molecule has 1 aromatic heterocycles. The number of methoxy groups -OCH3 is 1. The summed E-state index contributed by atoms with van der Waals surface area (Å²) in [5.41, 5.74) is 2.56. The van der Waals surface area contributed by atoms with Crippen molar-refractivity contribution in [3.63, 3.8) is 0 Å². The standard InChI is InChI=1S/C23H23ClN4O4S/c1-13(2)19(22(30)32-3)28-20(29)21-27-18(12-33-21)14-7-9-16(10-8-14)25-23(31)26-17-6-4-5-15(24)11-17/h4-13,19H,1-3H3,(H,28,29)(H2,25,26,31). The second-order valence-corrected chi connectivity index (χ2v) is 8.72. The fraction of sp³-hybridized carbons (Fsp3) is 0.217. The number of rotatable bonds is 7. The summed E-state index contributed by atoms with van der Waals surface area (Å²) >= 11 is 7.10. The number of benzene rings is 2. The van der Waals surface area contributed by atoms with Crippen molar-refractivity contribution in [3.05, 3.63) is 63.9 Å². The molecular formula is C23H23ClN4O4S. The maximum absolute atomic E-state index is 12.5. The van der Waals surface area contributed by atoms with Crippen molar-refractivity contribution in [1.82, 2.24) is 10.3 Å². The van der Waals surface area contributed by atoms with E-state index in [0.29, 0.717) is 22.1 Å². The van der Waals surface area contributed by atoms with Gasteiger partial charge in [-0.15, -0.1) is 11.3 Å². The topological polar surface area (TPSA) is 109 Å². The van der Waals surface area contributed by atoms with Crippen LogP contribution in [0.25, 0.3) is 11.3 Å². The van der Waals surface area contributed by atoms with E-state index in [2.05, 4.69) is 20.9 Å². The molecule has 0 aliphatic heterocycles. The number of esters is 1. The summed E-state index contributed by atoms with van der Waals surface area (Å²) < 4.78 is 4.75. The third-order valence-electron chi connectivity index (χ3n) is 4.63. The summed E-state index contributed by atoms with van der Waals surface area (Å²) in [6, 6.07) is 12.7. The van der Waals surface area contributed by atoms with Gasteiger partial charge in [-0.05, 0) is 36.2 Å². The molecule has 0 radical (unpaired) electrons. The van der Waals surface area contributed by atoms with Crippen molar-refractivity contribution in [2.24, 2.45) is 5.92 Å². The Morgan fingerprint density at radius 2 is 1.73 bits per heavy atom. The molecule has 0 saturated heterocycles. The average Bonchev–Trinajstić information content (AvgIpc) is 3.27. The Balaban J connectivity index is 1.62. The van der Waals surface area contributed by atoms with Crippen molar-refractivity contribution >= 4 is 52.2 Å². The molecule has 0 saturated carbocycles. The largest absolute Gasteiger partial charge is 0.467 e. The smallest absolute Gasteiger partial charge is 0.328 e. The van der Waals surface area contributed by atoms with Crippen LogP contribution >= 0.6 is 22.9 Å². The molecule has 3 amide bonds. The molecule has 2 aromatic carbocycles.